The number of carbonyl (C=O) groups is 3. The standard InChI is InChI=1S/C25H41N3O4/c1-8-9-10-14-17-28(23(30)19(4)27-24(31)32-25(5,6)7)21(22(29)26-18(2)3)20-15-12-11-13-16-20/h11-13,15-16,18-19,21H,8-10,14,17H2,1-7H3,(H,26,29)(H,27,31). The van der Waals surface area contributed by atoms with E-state index in [0.29, 0.717) is 6.54 Å². The van der Waals surface area contributed by atoms with E-state index in [4.69, 9.17) is 4.74 Å². The Morgan fingerprint density at radius 1 is 0.969 bits per heavy atom. The van der Waals surface area contributed by atoms with Crippen LogP contribution in [0.1, 0.15) is 85.8 Å². The summed E-state index contributed by atoms with van der Waals surface area (Å²) in [7, 11) is 0. The fourth-order valence-corrected chi connectivity index (χ4v) is 3.34. The molecule has 0 fully saturated rings. The number of carbonyl (C=O) groups excluding carboxylic acids is 3. The van der Waals surface area contributed by atoms with Crippen molar-refractivity contribution in [3.05, 3.63) is 35.9 Å². The first-order chi connectivity index (χ1) is 15.0. The summed E-state index contributed by atoms with van der Waals surface area (Å²) in [6, 6.07) is 7.60. The molecule has 2 N–H and O–H groups in total. The zero-order chi connectivity index (χ0) is 24.3. The number of benzene rings is 1. The highest BCUT2D eigenvalue weighted by atomic mass is 16.6. The van der Waals surface area contributed by atoms with Crippen LogP contribution in [0.4, 0.5) is 4.79 Å². The maximum atomic E-state index is 13.5. The van der Waals surface area contributed by atoms with Crippen molar-refractivity contribution in [2.75, 3.05) is 6.54 Å². The highest BCUT2D eigenvalue weighted by Crippen LogP contribution is 2.23. The molecule has 2 atom stereocenters. The molecule has 0 saturated carbocycles. The van der Waals surface area contributed by atoms with Gasteiger partial charge in [0.1, 0.15) is 17.7 Å². The number of rotatable bonds is 11. The van der Waals surface area contributed by atoms with E-state index in [2.05, 4.69) is 17.6 Å². The highest BCUT2D eigenvalue weighted by molar-refractivity contribution is 5.92. The fraction of sp³-hybridized carbons (Fsp3) is 0.640. The van der Waals surface area contributed by atoms with Crippen LogP contribution in [0.2, 0.25) is 0 Å². The summed E-state index contributed by atoms with van der Waals surface area (Å²) in [5, 5.41) is 5.56. The van der Waals surface area contributed by atoms with Crippen LogP contribution in [0.5, 0.6) is 0 Å². The predicted molar refractivity (Wildman–Crippen MR) is 127 cm³/mol. The average Bonchev–Trinajstić information content (AvgIpc) is 2.68. The first-order valence-corrected chi connectivity index (χ1v) is 11.6. The minimum atomic E-state index is -0.839. The van der Waals surface area contributed by atoms with Crippen LogP contribution in [0, 0.1) is 0 Å². The van der Waals surface area contributed by atoms with E-state index in [-0.39, 0.29) is 17.9 Å². The Bertz CT molecular complexity index is 728. The topological polar surface area (TPSA) is 87.7 Å². The van der Waals surface area contributed by atoms with Gasteiger partial charge in [0.2, 0.25) is 11.8 Å². The van der Waals surface area contributed by atoms with E-state index in [9.17, 15) is 14.4 Å². The molecule has 7 heteroatoms. The number of nitrogens with zero attached hydrogens (tertiary/aromatic N) is 1. The molecule has 0 radical (unpaired) electrons. The molecular weight excluding hydrogens is 406 g/mol. The van der Waals surface area contributed by atoms with Gasteiger partial charge in [0.05, 0.1) is 0 Å². The second kappa shape index (κ2) is 13.1. The summed E-state index contributed by atoms with van der Waals surface area (Å²) in [4.78, 5) is 40.5. The minimum absolute atomic E-state index is 0.0666. The molecule has 0 bridgehead atoms. The smallest absolute Gasteiger partial charge is 0.408 e. The summed E-state index contributed by atoms with van der Waals surface area (Å²) in [5.74, 6) is -0.556. The Labute approximate surface area is 193 Å². The van der Waals surface area contributed by atoms with Gasteiger partial charge >= 0.3 is 6.09 Å². The second-order valence-electron chi connectivity index (χ2n) is 9.44. The molecule has 1 aromatic rings. The van der Waals surface area contributed by atoms with E-state index >= 15 is 0 Å². The predicted octanol–water partition coefficient (Wildman–Crippen LogP) is 4.57. The van der Waals surface area contributed by atoms with Gasteiger partial charge in [-0.05, 0) is 53.5 Å². The van der Waals surface area contributed by atoms with Crippen molar-refractivity contribution in [3.8, 4) is 0 Å². The first kappa shape index (κ1) is 27.5. The Morgan fingerprint density at radius 2 is 1.59 bits per heavy atom. The summed E-state index contributed by atoms with van der Waals surface area (Å²) < 4.78 is 5.30. The van der Waals surface area contributed by atoms with E-state index in [1.165, 1.54) is 0 Å². The lowest BCUT2D eigenvalue weighted by Gasteiger charge is -2.34. The molecule has 0 aliphatic rings. The Kier molecular flexibility index (Phi) is 11.2. The van der Waals surface area contributed by atoms with Crippen molar-refractivity contribution in [1.29, 1.82) is 0 Å². The van der Waals surface area contributed by atoms with Crippen molar-refractivity contribution in [2.45, 2.75) is 97.9 Å². The molecule has 32 heavy (non-hydrogen) atoms. The molecule has 0 aliphatic heterocycles. The van der Waals surface area contributed by atoms with Crippen LogP contribution in [-0.4, -0.2) is 47.0 Å². The number of ether oxygens (including phenoxy) is 1. The van der Waals surface area contributed by atoms with E-state index < -0.39 is 23.8 Å². The van der Waals surface area contributed by atoms with Gasteiger partial charge in [0.25, 0.3) is 0 Å². The molecule has 0 aliphatic carbocycles. The summed E-state index contributed by atoms with van der Waals surface area (Å²) in [6.07, 6.45) is 3.20. The van der Waals surface area contributed by atoms with Crippen molar-refractivity contribution in [2.24, 2.45) is 0 Å². The molecule has 1 aromatic carbocycles. The number of amides is 3. The average molecular weight is 448 g/mol. The van der Waals surface area contributed by atoms with Crippen LogP contribution >= 0.6 is 0 Å². The van der Waals surface area contributed by atoms with Gasteiger partial charge in [0.15, 0.2) is 0 Å². The second-order valence-corrected chi connectivity index (χ2v) is 9.44. The summed E-state index contributed by atoms with van der Waals surface area (Å²) in [5.41, 5.74) is 0.0649. The zero-order valence-corrected chi connectivity index (χ0v) is 20.7. The van der Waals surface area contributed by atoms with Crippen molar-refractivity contribution in [1.82, 2.24) is 15.5 Å². The number of nitrogens with one attached hydrogen (secondary N) is 2. The monoisotopic (exact) mass is 447 g/mol. The molecule has 0 spiro atoms. The number of hydrogen-bond donors (Lipinski definition) is 2. The molecule has 0 saturated heterocycles. The zero-order valence-electron chi connectivity index (χ0n) is 20.7. The van der Waals surface area contributed by atoms with Crippen LogP contribution in [-0.2, 0) is 14.3 Å². The molecule has 1 rings (SSSR count). The lowest BCUT2D eigenvalue weighted by molar-refractivity contribution is -0.142. The molecule has 0 heterocycles. The van der Waals surface area contributed by atoms with Gasteiger partial charge in [-0.25, -0.2) is 4.79 Å². The van der Waals surface area contributed by atoms with Crippen LogP contribution in [0.15, 0.2) is 30.3 Å². The van der Waals surface area contributed by atoms with Crippen LogP contribution in [0.3, 0.4) is 0 Å². The molecule has 3 amide bonds. The maximum absolute atomic E-state index is 13.5. The minimum Gasteiger partial charge on any atom is -0.444 e. The van der Waals surface area contributed by atoms with Gasteiger partial charge in [-0.3, -0.25) is 9.59 Å². The molecule has 2 unspecified atom stereocenters. The van der Waals surface area contributed by atoms with Gasteiger partial charge in [-0.2, -0.15) is 0 Å². The normalized spacial score (nSPS) is 13.2. The van der Waals surface area contributed by atoms with E-state index in [1.807, 2.05) is 44.2 Å². The Hall–Kier alpha value is -2.57. The number of hydrogen-bond acceptors (Lipinski definition) is 4. The lowest BCUT2D eigenvalue weighted by Crippen LogP contribution is -2.52. The molecule has 7 nitrogen and oxygen atoms in total. The van der Waals surface area contributed by atoms with E-state index in [0.717, 1.165) is 31.2 Å². The van der Waals surface area contributed by atoms with Crippen LogP contribution < -0.4 is 10.6 Å². The lowest BCUT2D eigenvalue weighted by atomic mass is 10.0. The van der Waals surface area contributed by atoms with E-state index in [1.54, 1.807) is 32.6 Å². The third-order valence-corrected chi connectivity index (χ3v) is 4.75. The number of unbranched alkanes of at least 4 members (excludes halogenated alkanes) is 3. The molecular formula is C25H41N3O4. The van der Waals surface area contributed by atoms with Gasteiger partial charge < -0.3 is 20.3 Å². The van der Waals surface area contributed by atoms with Crippen molar-refractivity contribution >= 4 is 17.9 Å². The fourth-order valence-electron chi connectivity index (χ4n) is 3.34. The summed E-state index contributed by atoms with van der Waals surface area (Å²) in [6.45, 7) is 13.2. The number of alkyl carbamates (subject to hydrolysis) is 1. The SMILES string of the molecule is CCCCCCN(C(=O)C(C)NC(=O)OC(C)(C)C)C(C(=O)NC(C)C)c1ccccc1. The first-order valence-electron chi connectivity index (χ1n) is 11.6. The highest BCUT2D eigenvalue weighted by Gasteiger charge is 2.34. The largest absolute Gasteiger partial charge is 0.444 e. The van der Waals surface area contributed by atoms with Crippen molar-refractivity contribution < 1.29 is 19.1 Å². The van der Waals surface area contributed by atoms with Gasteiger partial charge in [-0.1, -0.05) is 56.5 Å². The molecule has 0 aromatic heterocycles. The van der Waals surface area contributed by atoms with Crippen LogP contribution in [0.25, 0.3) is 0 Å². The molecule has 180 valence electrons. The Morgan fingerprint density at radius 3 is 2.12 bits per heavy atom. The van der Waals surface area contributed by atoms with Crippen molar-refractivity contribution in [3.63, 3.8) is 0 Å². The quantitative estimate of drug-likeness (QED) is 0.486. The summed E-state index contributed by atoms with van der Waals surface area (Å²) >= 11 is 0. The Balaban J connectivity index is 3.19. The third kappa shape index (κ3) is 9.71. The van der Waals surface area contributed by atoms with Gasteiger partial charge in [0, 0.05) is 12.6 Å². The van der Waals surface area contributed by atoms with Gasteiger partial charge in [-0.15, -0.1) is 0 Å². The third-order valence-electron chi connectivity index (χ3n) is 4.75. The maximum Gasteiger partial charge on any atom is 0.408 e.